The molecule has 1 aromatic rings. The summed E-state index contributed by atoms with van der Waals surface area (Å²) >= 11 is 0. The molecule has 0 bridgehead atoms. The number of hydrogen-bond acceptors (Lipinski definition) is 1. The van der Waals surface area contributed by atoms with Crippen LogP contribution in [0.2, 0.25) is 0 Å². The minimum absolute atomic E-state index is 0.463. The largest absolute Gasteiger partial charge is 0.306 e. The van der Waals surface area contributed by atoms with Crippen LogP contribution >= 0.6 is 0 Å². The third-order valence-electron chi connectivity index (χ3n) is 4.88. The van der Waals surface area contributed by atoms with E-state index in [9.17, 15) is 0 Å². The lowest BCUT2D eigenvalue weighted by Gasteiger charge is -2.34. The molecule has 1 fully saturated rings. The summed E-state index contributed by atoms with van der Waals surface area (Å²) in [4.78, 5) is 2.36. The van der Waals surface area contributed by atoms with Crippen LogP contribution in [-0.2, 0) is 5.41 Å². The van der Waals surface area contributed by atoms with Crippen LogP contribution in [0.5, 0.6) is 0 Å². The lowest BCUT2D eigenvalue weighted by molar-refractivity contribution is 0.319. The monoisotopic (exact) mass is 303 g/mol. The van der Waals surface area contributed by atoms with Crippen molar-refractivity contribution in [2.75, 3.05) is 20.1 Å². The highest BCUT2D eigenvalue weighted by atomic mass is 15.1. The lowest BCUT2D eigenvalue weighted by atomic mass is 9.71. The molecule has 1 heteroatoms. The Morgan fingerprint density at radius 3 is 2.09 bits per heavy atom. The number of rotatable bonds is 5. The van der Waals surface area contributed by atoms with Gasteiger partial charge < -0.3 is 4.90 Å². The van der Waals surface area contributed by atoms with E-state index in [2.05, 4.69) is 63.9 Å². The summed E-state index contributed by atoms with van der Waals surface area (Å²) in [6, 6.07) is 9.06. The summed E-state index contributed by atoms with van der Waals surface area (Å²) in [6.45, 7) is 11.5. The Morgan fingerprint density at radius 1 is 1.00 bits per heavy atom. The summed E-state index contributed by atoms with van der Waals surface area (Å²) in [7, 11) is 2.17. The first-order valence-corrected chi connectivity index (χ1v) is 9.27. The van der Waals surface area contributed by atoms with Crippen molar-refractivity contribution in [1.82, 2.24) is 4.90 Å². The molecule has 1 nitrogen and oxygen atoms in total. The second-order valence-electron chi connectivity index (χ2n) is 7.29. The lowest BCUT2D eigenvalue weighted by Crippen LogP contribution is -2.24. The first-order valence-electron chi connectivity index (χ1n) is 9.27. The van der Waals surface area contributed by atoms with Crippen LogP contribution in [0.25, 0.3) is 0 Å². The van der Waals surface area contributed by atoms with E-state index >= 15 is 0 Å². The number of aryl methyl sites for hydroxylation is 1. The van der Waals surface area contributed by atoms with E-state index in [1.165, 1.54) is 63.6 Å². The highest BCUT2D eigenvalue weighted by Gasteiger charge is 2.28. The smallest absolute Gasteiger partial charge is 0.00244 e. The van der Waals surface area contributed by atoms with Gasteiger partial charge in [0.2, 0.25) is 0 Å². The van der Waals surface area contributed by atoms with Gasteiger partial charge in [0.05, 0.1) is 0 Å². The van der Waals surface area contributed by atoms with Gasteiger partial charge in [0.1, 0.15) is 0 Å². The second-order valence-corrected chi connectivity index (χ2v) is 7.29. The Balaban J connectivity index is 0.000000261. The van der Waals surface area contributed by atoms with Crippen LogP contribution in [0, 0.1) is 6.92 Å². The molecule has 1 aliphatic rings. The maximum atomic E-state index is 2.43. The molecular formula is C21H37N. The molecule has 0 N–H and O–H groups in total. The quantitative estimate of drug-likeness (QED) is 0.649. The molecule has 0 radical (unpaired) electrons. The van der Waals surface area contributed by atoms with Crippen molar-refractivity contribution in [3.63, 3.8) is 0 Å². The van der Waals surface area contributed by atoms with Crippen LogP contribution in [0.15, 0.2) is 24.3 Å². The van der Waals surface area contributed by atoms with Crippen molar-refractivity contribution in [1.29, 1.82) is 0 Å². The second kappa shape index (κ2) is 10.0. The summed E-state index contributed by atoms with van der Waals surface area (Å²) < 4.78 is 0. The molecule has 2 rings (SSSR count). The van der Waals surface area contributed by atoms with E-state index in [1.54, 1.807) is 5.56 Å². The van der Waals surface area contributed by atoms with Crippen LogP contribution in [0.3, 0.4) is 0 Å². The minimum atomic E-state index is 0.463. The fourth-order valence-electron chi connectivity index (χ4n) is 3.52. The van der Waals surface area contributed by atoms with Crippen molar-refractivity contribution in [2.45, 2.75) is 78.1 Å². The molecule has 0 aliphatic heterocycles. The van der Waals surface area contributed by atoms with Crippen molar-refractivity contribution in [3.05, 3.63) is 35.4 Å². The molecule has 0 spiro atoms. The molecule has 1 aromatic carbocycles. The fourth-order valence-corrected chi connectivity index (χ4v) is 3.52. The average molecular weight is 304 g/mol. The van der Waals surface area contributed by atoms with Crippen molar-refractivity contribution < 1.29 is 0 Å². The molecule has 0 saturated heterocycles. The number of nitrogens with zero attached hydrogens (tertiary/aromatic N) is 1. The maximum absolute atomic E-state index is 2.43. The molecule has 22 heavy (non-hydrogen) atoms. The molecule has 0 unspecified atom stereocenters. The highest BCUT2D eigenvalue weighted by Crippen LogP contribution is 2.38. The summed E-state index contributed by atoms with van der Waals surface area (Å²) in [5.74, 6) is 0. The minimum Gasteiger partial charge on any atom is -0.306 e. The standard InChI is InChI=1S/C14H20.C7H17N/c1-12-7-6-8-13(11-12)14(2)9-4-3-5-10-14;1-4-6-8(3)7-5-2/h6-8,11H,3-5,9-10H2,1-2H3;4-7H2,1-3H3. The van der Waals surface area contributed by atoms with E-state index in [0.29, 0.717) is 5.41 Å². The fraction of sp³-hybridized carbons (Fsp3) is 0.714. The Labute approximate surface area is 139 Å². The van der Waals surface area contributed by atoms with Gasteiger partial charge in [-0.1, -0.05) is 69.9 Å². The molecule has 0 aromatic heterocycles. The van der Waals surface area contributed by atoms with Crippen molar-refractivity contribution in [2.24, 2.45) is 0 Å². The predicted molar refractivity (Wildman–Crippen MR) is 99.7 cm³/mol. The average Bonchev–Trinajstić information content (AvgIpc) is 2.49. The zero-order chi connectivity index (χ0) is 16.4. The van der Waals surface area contributed by atoms with Gasteiger partial charge >= 0.3 is 0 Å². The topological polar surface area (TPSA) is 3.24 Å². The van der Waals surface area contributed by atoms with Crippen molar-refractivity contribution in [3.8, 4) is 0 Å². The Bertz CT molecular complexity index is 398. The molecule has 0 heterocycles. The van der Waals surface area contributed by atoms with E-state index in [4.69, 9.17) is 0 Å². The van der Waals surface area contributed by atoms with Crippen LogP contribution < -0.4 is 0 Å². The van der Waals surface area contributed by atoms with E-state index in [0.717, 1.165) is 0 Å². The van der Waals surface area contributed by atoms with Gasteiger partial charge in [-0.15, -0.1) is 0 Å². The summed E-state index contributed by atoms with van der Waals surface area (Å²) in [5.41, 5.74) is 3.41. The normalized spacial score (nSPS) is 17.0. The van der Waals surface area contributed by atoms with Gasteiger partial charge in [0, 0.05) is 0 Å². The Morgan fingerprint density at radius 2 is 1.59 bits per heavy atom. The van der Waals surface area contributed by atoms with Gasteiger partial charge in [0.15, 0.2) is 0 Å². The molecule has 0 atom stereocenters. The van der Waals surface area contributed by atoms with Gasteiger partial charge in [-0.05, 0) is 63.7 Å². The summed E-state index contributed by atoms with van der Waals surface area (Å²) in [6.07, 6.45) is 9.54. The number of hydrogen-bond donors (Lipinski definition) is 0. The maximum Gasteiger partial charge on any atom is -0.00244 e. The zero-order valence-corrected chi connectivity index (χ0v) is 15.6. The van der Waals surface area contributed by atoms with E-state index in [-0.39, 0.29) is 0 Å². The van der Waals surface area contributed by atoms with Crippen LogP contribution in [-0.4, -0.2) is 25.0 Å². The van der Waals surface area contributed by atoms with Gasteiger partial charge in [-0.2, -0.15) is 0 Å². The third-order valence-corrected chi connectivity index (χ3v) is 4.88. The predicted octanol–water partition coefficient (Wildman–Crippen LogP) is 5.96. The van der Waals surface area contributed by atoms with Gasteiger partial charge in [-0.25, -0.2) is 0 Å². The molecule has 126 valence electrons. The molecule has 1 saturated carbocycles. The van der Waals surface area contributed by atoms with Crippen LogP contribution in [0.4, 0.5) is 0 Å². The Kier molecular flexibility index (Phi) is 8.78. The summed E-state index contributed by atoms with van der Waals surface area (Å²) in [5, 5.41) is 0. The Hall–Kier alpha value is -0.820. The van der Waals surface area contributed by atoms with Crippen LogP contribution in [0.1, 0.15) is 76.8 Å². The molecule has 0 amide bonds. The first kappa shape index (κ1) is 19.2. The van der Waals surface area contributed by atoms with E-state index in [1.807, 2.05) is 0 Å². The third kappa shape index (κ3) is 6.52. The van der Waals surface area contributed by atoms with E-state index < -0.39 is 0 Å². The highest BCUT2D eigenvalue weighted by molar-refractivity contribution is 5.29. The SMILES string of the molecule is CCCN(C)CCC.Cc1cccc(C2(C)CCCCC2)c1. The first-order chi connectivity index (χ1) is 10.5. The van der Waals surface area contributed by atoms with Gasteiger partial charge in [0.25, 0.3) is 0 Å². The van der Waals surface area contributed by atoms with Crippen molar-refractivity contribution >= 4 is 0 Å². The number of benzene rings is 1. The molecular weight excluding hydrogens is 266 g/mol. The molecule has 1 aliphatic carbocycles. The zero-order valence-electron chi connectivity index (χ0n) is 15.6. The van der Waals surface area contributed by atoms with Gasteiger partial charge in [-0.3, -0.25) is 0 Å².